The van der Waals surface area contributed by atoms with Crippen LogP contribution in [0.5, 0.6) is 0 Å². The average molecular weight is 339 g/mol. The molecule has 23 heavy (non-hydrogen) atoms. The fourth-order valence-corrected chi connectivity index (χ4v) is 3.24. The average Bonchev–Trinajstić information content (AvgIpc) is 2.77. The third kappa shape index (κ3) is 5.23. The monoisotopic (exact) mass is 339 g/mol. The van der Waals surface area contributed by atoms with E-state index in [1.165, 1.54) is 18.2 Å². The number of hydrogen-bond acceptors (Lipinski definition) is 5. The van der Waals surface area contributed by atoms with Crippen LogP contribution in [0.3, 0.4) is 0 Å². The zero-order chi connectivity index (χ0) is 16.7. The number of carbonyl (C=O) groups is 2. The fourth-order valence-electron chi connectivity index (χ4n) is 2.45. The molecule has 1 aromatic rings. The van der Waals surface area contributed by atoms with E-state index in [0.29, 0.717) is 6.54 Å². The molecule has 0 saturated carbocycles. The van der Waals surface area contributed by atoms with E-state index < -0.39 is 6.04 Å². The van der Waals surface area contributed by atoms with Crippen molar-refractivity contribution >= 4 is 23.6 Å². The summed E-state index contributed by atoms with van der Waals surface area (Å²) in [6.45, 7) is 5.22. The van der Waals surface area contributed by atoms with Crippen molar-refractivity contribution in [2.24, 2.45) is 0 Å². The van der Waals surface area contributed by atoms with E-state index in [0.717, 1.165) is 43.2 Å². The third-order valence-corrected chi connectivity index (χ3v) is 4.69. The van der Waals surface area contributed by atoms with Crippen LogP contribution in [0, 0.1) is 0 Å². The molecular weight excluding hydrogens is 314 g/mol. The van der Waals surface area contributed by atoms with Gasteiger partial charge in [-0.3, -0.25) is 9.59 Å². The first-order chi connectivity index (χ1) is 11.1. The highest BCUT2D eigenvalue weighted by molar-refractivity contribution is 7.99. The number of aromatic nitrogens is 3. The highest BCUT2D eigenvalue weighted by Gasteiger charge is 2.18. The van der Waals surface area contributed by atoms with E-state index in [1.54, 1.807) is 6.92 Å². The van der Waals surface area contributed by atoms with Gasteiger partial charge in [-0.25, -0.2) is 0 Å². The molecule has 0 fully saturated rings. The van der Waals surface area contributed by atoms with Crippen LogP contribution in [0.1, 0.15) is 45.4 Å². The van der Waals surface area contributed by atoms with Gasteiger partial charge in [0, 0.05) is 19.5 Å². The van der Waals surface area contributed by atoms with Gasteiger partial charge in [-0.2, -0.15) is 0 Å². The number of nitrogens with one attached hydrogen (secondary N) is 2. The Bertz CT molecular complexity index is 546. The number of nitrogens with zero attached hydrogens (tertiary/aromatic N) is 3. The van der Waals surface area contributed by atoms with E-state index in [-0.39, 0.29) is 17.6 Å². The van der Waals surface area contributed by atoms with Gasteiger partial charge in [-0.1, -0.05) is 25.1 Å². The molecular formula is C15H25N5O2S. The Labute approximate surface area is 141 Å². The van der Waals surface area contributed by atoms with E-state index >= 15 is 0 Å². The topological polar surface area (TPSA) is 88.9 Å². The molecule has 0 saturated heterocycles. The summed E-state index contributed by atoms with van der Waals surface area (Å²) in [5.41, 5.74) is 0. The Kier molecular flexibility index (Phi) is 6.88. The van der Waals surface area contributed by atoms with Crippen molar-refractivity contribution in [1.29, 1.82) is 0 Å². The van der Waals surface area contributed by atoms with Crippen molar-refractivity contribution in [3.8, 4) is 0 Å². The third-order valence-electron chi connectivity index (χ3n) is 3.73. The highest BCUT2D eigenvalue weighted by atomic mass is 32.2. The second kappa shape index (κ2) is 8.90. The maximum Gasteiger partial charge on any atom is 0.242 e. The van der Waals surface area contributed by atoms with Crippen molar-refractivity contribution in [3.05, 3.63) is 5.82 Å². The summed E-state index contributed by atoms with van der Waals surface area (Å²) in [5, 5.41) is 14.7. The standard InChI is InChI=1S/C15H25N5O2S/c1-3-8-16-14(22)11(2)17-13(21)10-23-15-19-18-12-7-5-4-6-9-20(12)15/h11H,3-10H2,1-2H3,(H,16,22)(H,17,21)/t11-/m1/s1. The number of rotatable bonds is 7. The molecule has 0 aliphatic carbocycles. The lowest BCUT2D eigenvalue weighted by Gasteiger charge is -2.13. The zero-order valence-corrected chi connectivity index (χ0v) is 14.6. The first kappa shape index (κ1) is 17.8. The van der Waals surface area contributed by atoms with Crippen molar-refractivity contribution in [2.45, 2.75) is 63.7 Å². The maximum absolute atomic E-state index is 12.0. The predicted octanol–water partition coefficient (Wildman–Crippen LogP) is 1.13. The minimum absolute atomic E-state index is 0.151. The zero-order valence-electron chi connectivity index (χ0n) is 13.8. The molecule has 1 aromatic heterocycles. The number of amides is 2. The lowest BCUT2D eigenvalue weighted by molar-refractivity contribution is -0.127. The van der Waals surface area contributed by atoms with E-state index in [9.17, 15) is 9.59 Å². The van der Waals surface area contributed by atoms with Crippen LogP contribution in [0.4, 0.5) is 0 Å². The lowest BCUT2D eigenvalue weighted by atomic mass is 10.2. The van der Waals surface area contributed by atoms with Gasteiger partial charge in [0.2, 0.25) is 11.8 Å². The maximum atomic E-state index is 12.0. The quantitative estimate of drug-likeness (QED) is 0.727. The van der Waals surface area contributed by atoms with Gasteiger partial charge in [0.05, 0.1) is 5.75 Å². The van der Waals surface area contributed by atoms with Gasteiger partial charge in [0.25, 0.3) is 0 Å². The molecule has 0 radical (unpaired) electrons. The lowest BCUT2D eigenvalue weighted by Crippen LogP contribution is -2.45. The van der Waals surface area contributed by atoms with Crippen molar-refractivity contribution in [3.63, 3.8) is 0 Å². The normalized spacial score (nSPS) is 15.4. The molecule has 0 aromatic carbocycles. The second-order valence-electron chi connectivity index (χ2n) is 5.73. The number of aryl methyl sites for hydroxylation is 1. The SMILES string of the molecule is CCCNC(=O)[C@@H](C)NC(=O)CSc1nnc2n1CCCCC2. The highest BCUT2D eigenvalue weighted by Crippen LogP contribution is 2.21. The molecule has 1 aliphatic heterocycles. The number of fused-ring (bicyclic) bond motifs is 1. The molecule has 8 heteroatoms. The Morgan fingerprint density at radius 2 is 2.13 bits per heavy atom. The molecule has 0 unspecified atom stereocenters. The molecule has 2 heterocycles. The first-order valence-electron chi connectivity index (χ1n) is 8.23. The summed E-state index contributed by atoms with van der Waals surface area (Å²) < 4.78 is 2.11. The van der Waals surface area contributed by atoms with Gasteiger partial charge in [-0.05, 0) is 26.2 Å². The Hall–Kier alpha value is -1.57. The van der Waals surface area contributed by atoms with Crippen LogP contribution in [0.2, 0.25) is 0 Å². The van der Waals surface area contributed by atoms with E-state index in [4.69, 9.17) is 0 Å². The van der Waals surface area contributed by atoms with E-state index in [2.05, 4.69) is 25.4 Å². The summed E-state index contributed by atoms with van der Waals surface area (Å²) >= 11 is 1.38. The van der Waals surface area contributed by atoms with Crippen molar-refractivity contribution < 1.29 is 9.59 Å². The second-order valence-corrected chi connectivity index (χ2v) is 6.67. The smallest absolute Gasteiger partial charge is 0.242 e. The summed E-state index contributed by atoms with van der Waals surface area (Å²) in [7, 11) is 0. The molecule has 0 spiro atoms. The van der Waals surface area contributed by atoms with Gasteiger partial charge in [0.15, 0.2) is 5.16 Å². The molecule has 0 bridgehead atoms. The molecule has 128 valence electrons. The Morgan fingerprint density at radius 3 is 2.91 bits per heavy atom. The molecule has 1 aliphatic rings. The number of hydrogen-bond donors (Lipinski definition) is 2. The van der Waals surface area contributed by atoms with Crippen LogP contribution in [0.25, 0.3) is 0 Å². The summed E-state index contributed by atoms with van der Waals surface area (Å²) in [4.78, 5) is 23.7. The molecule has 1 atom stereocenters. The molecule has 2 rings (SSSR count). The summed E-state index contributed by atoms with van der Waals surface area (Å²) in [6.07, 6.45) is 5.31. The van der Waals surface area contributed by atoms with Crippen LogP contribution in [-0.2, 0) is 22.6 Å². The van der Waals surface area contributed by atoms with Crippen molar-refractivity contribution in [1.82, 2.24) is 25.4 Å². The Balaban J connectivity index is 1.80. The van der Waals surface area contributed by atoms with Crippen LogP contribution in [-0.4, -0.2) is 44.9 Å². The van der Waals surface area contributed by atoms with Crippen LogP contribution < -0.4 is 10.6 Å². The van der Waals surface area contributed by atoms with Crippen LogP contribution in [0.15, 0.2) is 5.16 Å². The van der Waals surface area contributed by atoms with Crippen LogP contribution >= 0.6 is 11.8 Å². The largest absolute Gasteiger partial charge is 0.354 e. The minimum Gasteiger partial charge on any atom is -0.354 e. The van der Waals surface area contributed by atoms with E-state index in [1.807, 2.05) is 6.92 Å². The predicted molar refractivity (Wildman–Crippen MR) is 89.2 cm³/mol. The fraction of sp³-hybridized carbons (Fsp3) is 0.733. The number of thioether (sulfide) groups is 1. The summed E-state index contributed by atoms with van der Waals surface area (Å²) in [5.74, 6) is 0.933. The van der Waals surface area contributed by atoms with Crippen molar-refractivity contribution in [2.75, 3.05) is 12.3 Å². The summed E-state index contributed by atoms with van der Waals surface area (Å²) in [6, 6.07) is -0.523. The molecule has 2 N–H and O–H groups in total. The number of carbonyl (C=O) groups excluding carboxylic acids is 2. The minimum atomic E-state index is -0.523. The first-order valence-corrected chi connectivity index (χ1v) is 9.22. The van der Waals surface area contributed by atoms with Gasteiger partial charge in [0.1, 0.15) is 11.9 Å². The Morgan fingerprint density at radius 1 is 1.30 bits per heavy atom. The molecule has 7 nitrogen and oxygen atoms in total. The van der Waals surface area contributed by atoms with Gasteiger partial charge in [-0.15, -0.1) is 10.2 Å². The van der Waals surface area contributed by atoms with Gasteiger partial charge >= 0.3 is 0 Å². The van der Waals surface area contributed by atoms with Gasteiger partial charge < -0.3 is 15.2 Å². The molecule has 2 amide bonds.